The fourth-order valence-corrected chi connectivity index (χ4v) is 7.35. The molecule has 0 bridgehead atoms. The van der Waals surface area contributed by atoms with Gasteiger partial charge in [-0.05, 0) is 60.3 Å². The molecule has 1 fully saturated rings. The van der Waals surface area contributed by atoms with E-state index in [-0.39, 0.29) is 11.9 Å². The Hall–Kier alpha value is -4.45. The van der Waals surface area contributed by atoms with Crippen LogP contribution in [-0.4, -0.2) is 70.6 Å². The number of nitrogens with zero attached hydrogens (tertiary/aromatic N) is 7. The van der Waals surface area contributed by atoms with Crippen LogP contribution in [0.3, 0.4) is 0 Å². The standard InChI is InChI=1S/C34H36N8O2S/c1-22(43)42-11-3-4-26-16-25(9-10-30(26)42)24-7-5-23(6-8-24)20-40(2)21-28-17-29-31(45-28)33(41-12-14-44-15-13-41)39-32(38-29)27-18-36-34(35)37-19-27/h5-10,16-19H,3-4,11-15,20-21H2,1-2H3,(H2,35,36,37). The van der Waals surface area contributed by atoms with Gasteiger partial charge in [-0.15, -0.1) is 11.3 Å². The number of aryl methyl sites for hydroxylation is 1. The highest BCUT2D eigenvalue weighted by Crippen LogP contribution is 2.35. The van der Waals surface area contributed by atoms with Crippen molar-refractivity contribution in [3.8, 4) is 22.5 Å². The van der Waals surface area contributed by atoms with E-state index in [2.05, 4.69) is 75.3 Å². The fourth-order valence-electron chi connectivity index (χ4n) is 6.15. The molecule has 11 heteroatoms. The van der Waals surface area contributed by atoms with Crippen molar-refractivity contribution >= 4 is 44.9 Å². The Balaban J connectivity index is 1.08. The van der Waals surface area contributed by atoms with Crippen LogP contribution in [0.5, 0.6) is 0 Å². The lowest BCUT2D eigenvalue weighted by Gasteiger charge is -2.29. The average molecular weight is 621 g/mol. The van der Waals surface area contributed by atoms with E-state index in [0.717, 1.165) is 72.9 Å². The minimum atomic E-state index is 0.108. The van der Waals surface area contributed by atoms with Gasteiger partial charge in [-0.2, -0.15) is 0 Å². The second kappa shape index (κ2) is 12.5. The Morgan fingerprint density at radius 1 is 0.956 bits per heavy atom. The van der Waals surface area contributed by atoms with Crippen molar-refractivity contribution in [1.82, 2.24) is 24.8 Å². The van der Waals surface area contributed by atoms with Crippen LogP contribution in [0.1, 0.15) is 29.3 Å². The number of nitrogen functional groups attached to an aromatic ring is 1. The number of rotatable bonds is 7. The number of carbonyl (C=O) groups excluding carboxylic acids is 1. The van der Waals surface area contributed by atoms with Crippen molar-refractivity contribution in [2.45, 2.75) is 32.9 Å². The van der Waals surface area contributed by atoms with E-state index in [9.17, 15) is 4.79 Å². The summed E-state index contributed by atoms with van der Waals surface area (Å²) in [7, 11) is 2.15. The lowest BCUT2D eigenvalue weighted by molar-refractivity contribution is -0.116. The zero-order chi connectivity index (χ0) is 30.9. The number of ether oxygens (including phenoxy) is 1. The van der Waals surface area contributed by atoms with Crippen LogP contribution in [0.25, 0.3) is 32.7 Å². The van der Waals surface area contributed by atoms with E-state index in [0.29, 0.717) is 19.0 Å². The van der Waals surface area contributed by atoms with Crippen molar-refractivity contribution < 1.29 is 9.53 Å². The number of carbonyl (C=O) groups is 1. The van der Waals surface area contributed by atoms with Gasteiger partial charge >= 0.3 is 0 Å². The molecule has 0 spiro atoms. The molecule has 10 nitrogen and oxygen atoms in total. The molecule has 1 amide bonds. The average Bonchev–Trinajstić information content (AvgIpc) is 3.47. The summed E-state index contributed by atoms with van der Waals surface area (Å²) in [5.74, 6) is 1.86. The van der Waals surface area contributed by atoms with Gasteiger partial charge in [0.15, 0.2) is 11.6 Å². The zero-order valence-corrected chi connectivity index (χ0v) is 26.4. The van der Waals surface area contributed by atoms with Crippen LogP contribution in [0.15, 0.2) is 60.9 Å². The summed E-state index contributed by atoms with van der Waals surface area (Å²) in [4.78, 5) is 38.0. The monoisotopic (exact) mass is 620 g/mol. The third kappa shape index (κ3) is 6.24. The number of benzene rings is 2. The Morgan fingerprint density at radius 2 is 1.71 bits per heavy atom. The van der Waals surface area contributed by atoms with Crippen molar-refractivity contribution in [3.63, 3.8) is 0 Å². The summed E-state index contributed by atoms with van der Waals surface area (Å²) in [5.41, 5.74) is 13.3. The van der Waals surface area contributed by atoms with Gasteiger partial charge in [0.05, 0.1) is 29.0 Å². The molecular weight excluding hydrogens is 584 g/mol. The van der Waals surface area contributed by atoms with Crippen LogP contribution in [0.2, 0.25) is 0 Å². The van der Waals surface area contributed by atoms with E-state index in [1.807, 2.05) is 4.90 Å². The van der Waals surface area contributed by atoms with Gasteiger partial charge in [0.25, 0.3) is 0 Å². The van der Waals surface area contributed by atoms with Crippen molar-refractivity contribution in [1.29, 1.82) is 0 Å². The van der Waals surface area contributed by atoms with Crippen LogP contribution < -0.4 is 15.5 Å². The second-order valence-electron chi connectivity index (χ2n) is 11.7. The number of hydrogen-bond acceptors (Lipinski definition) is 10. The van der Waals surface area contributed by atoms with E-state index < -0.39 is 0 Å². The molecule has 5 aromatic rings. The molecule has 2 aliphatic rings. The van der Waals surface area contributed by atoms with Gasteiger partial charge < -0.3 is 20.3 Å². The lowest BCUT2D eigenvalue weighted by Crippen LogP contribution is -2.36. The quantitative estimate of drug-likeness (QED) is 0.263. The number of morpholine rings is 1. The van der Waals surface area contributed by atoms with Gasteiger partial charge in [-0.25, -0.2) is 19.9 Å². The number of fused-ring (bicyclic) bond motifs is 2. The van der Waals surface area contributed by atoms with Crippen LogP contribution in [-0.2, 0) is 29.0 Å². The van der Waals surface area contributed by atoms with Gasteiger partial charge in [-0.1, -0.05) is 30.3 Å². The van der Waals surface area contributed by atoms with Crippen molar-refractivity contribution in [2.75, 3.05) is 55.4 Å². The predicted molar refractivity (Wildman–Crippen MR) is 179 cm³/mol. The summed E-state index contributed by atoms with van der Waals surface area (Å²) in [6.07, 6.45) is 5.35. The van der Waals surface area contributed by atoms with Crippen molar-refractivity contribution in [3.05, 3.63) is 76.9 Å². The molecule has 45 heavy (non-hydrogen) atoms. The smallest absolute Gasteiger partial charge is 0.223 e. The molecule has 5 heterocycles. The molecule has 3 aromatic heterocycles. The number of nitrogens with two attached hydrogens (primary N) is 1. The normalized spacial score (nSPS) is 15.1. The minimum Gasteiger partial charge on any atom is -0.378 e. The lowest BCUT2D eigenvalue weighted by atomic mass is 9.95. The van der Waals surface area contributed by atoms with E-state index >= 15 is 0 Å². The highest BCUT2D eigenvalue weighted by atomic mass is 32.1. The summed E-state index contributed by atoms with van der Waals surface area (Å²) < 4.78 is 6.69. The Bertz CT molecular complexity index is 1830. The molecule has 7 rings (SSSR count). The number of thiophene rings is 1. The van der Waals surface area contributed by atoms with Crippen LogP contribution in [0, 0.1) is 0 Å². The zero-order valence-electron chi connectivity index (χ0n) is 25.6. The summed E-state index contributed by atoms with van der Waals surface area (Å²) in [6, 6.07) is 17.5. The molecule has 0 atom stereocenters. The molecule has 0 unspecified atom stereocenters. The van der Waals surface area contributed by atoms with Gasteiger partial charge in [0.1, 0.15) is 0 Å². The summed E-state index contributed by atoms with van der Waals surface area (Å²) >= 11 is 1.75. The maximum atomic E-state index is 12.1. The molecule has 0 saturated carbocycles. The first-order valence-corrected chi connectivity index (χ1v) is 16.1. The second-order valence-corrected chi connectivity index (χ2v) is 12.9. The molecule has 2 aliphatic heterocycles. The van der Waals surface area contributed by atoms with Crippen molar-refractivity contribution in [2.24, 2.45) is 0 Å². The fraction of sp³-hybridized carbons (Fsp3) is 0.324. The maximum absolute atomic E-state index is 12.1. The molecule has 2 N–H and O–H groups in total. The van der Waals surface area contributed by atoms with E-state index in [1.165, 1.54) is 27.1 Å². The summed E-state index contributed by atoms with van der Waals surface area (Å²) in [6.45, 7) is 6.99. The number of amides is 1. The Labute approximate surface area is 266 Å². The topological polar surface area (TPSA) is 114 Å². The van der Waals surface area contributed by atoms with E-state index in [4.69, 9.17) is 20.4 Å². The summed E-state index contributed by atoms with van der Waals surface area (Å²) in [5, 5.41) is 0. The first kappa shape index (κ1) is 29.3. The molecule has 0 radical (unpaired) electrons. The minimum absolute atomic E-state index is 0.108. The first-order chi connectivity index (χ1) is 21.9. The molecule has 0 aliphatic carbocycles. The Morgan fingerprint density at radius 3 is 2.47 bits per heavy atom. The number of hydrogen-bond donors (Lipinski definition) is 1. The highest BCUT2D eigenvalue weighted by molar-refractivity contribution is 7.19. The largest absolute Gasteiger partial charge is 0.378 e. The van der Waals surface area contributed by atoms with Gasteiger partial charge in [0, 0.05) is 62.6 Å². The van der Waals surface area contributed by atoms with Gasteiger partial charge in [0.2, 0.25) is 11.9 Å². The van der Waals surface area contributed by atoms with E-state index in [1.54, 1.807) is 30.7 Å². The third-order valence-electron chi connectivity index (χ3n) is 8.39. The maximum Gasteiger partial charge on any atom is 0.223 e. The molecule has 2 aromatic carbocycles. The molecular formula is C34H36N8O2S. The van der Waals surface area contributed by atoms with Crippen LogP contribution >= 0.6 is 11.3 Å². The van der Waals surface area contributed by atoms with Crippen LogP contribution in [0.4, 0.5) is 17.5 Å². The number of anilines is 3. The predicted octanol–water partition coefficient (Wildman–Crippen LogP) is 5.17. The van der Waals surface area contributed by atoms with Gasteiger partial charge in [-0.3, -0.25) is 9.69 Å². The Kier molecular flexibility index (Phi) is 8.14. The third-order valence-corrected chi connectivity index (χ3v) is 9.49. The highest BCUT2D eigenvalue weighted by Gasteiger charge is 2.22. The molecule has 230 valence electrons. The molecule has 1 saturated heterocycles. The first-order valence-electron chi connectivity index (χ1n) is 15.3. The number of aromatic nitrogens is 4. The SMILES string of the molecule is CC(=O)N1CCCc2cc(-c3ccc(CN(C)Cc4cc5nc(-c6cnc(N)nc6)nc(N6CCOCC6)c5s4)cc3)ccc21.